The molecule has 0 spiro atoms. The lowest BCUT2D eigenvalue weighted by molar-refractivity contribution is -0.176. The first-order valence-electron chi connectivity index (χ1n) is 3.07. The maximum Gasteiger partial charge on any atom is 0.0784 e. The summed E-state index contributed by atoms with van der Waals surface area (Å²) in [6, 6.07) is 9.59. The zero-order chi connectivity index (χ0) is 8.69. The van der Waals surface area contributed by atoms with Gasteiger partial charge >= 0.3 is 0 Å². The molecule has 62 valence electrons. The Labute approximate surface area is 65.0 Å². The highest BCUT2D eigenvalue weighted by molar-refractivity contribution is 5.16. The van der Waals surface area contributed by atoms with E-state index in [1.54, 1.807) is 0 Å². The third kappa shape index (κ3) is 3.69. The SMILES string of the molecule is NC(N)c1ccccc1.OO. The van der Waals surface area contributed by atoms with E-state index < -0.39 is 0 Å². The largest absolute Gasteiger partial charge is 0.312 e. The van der Waals surface area contributed by atoms with Gasteiger partial charge in [0, 0.05) is 0 Å². The minimum atomic E-state index is -0.341. The van der Waals surface area contributed by atoms with Crippen LogP contribution in [0, 0.1) is 0 Å². The molecule has 0 aliphatic heterocycles. The first-order chi connectivity index (χ1) is 5.30. The molecule has 1 aromatic rings. The van der Waals surface area contributed by atoms with E-state index in [9.17, 15) is 0 Å². The molecule has 0 aliphatic rings. The van der Waals surface area contributed by atoms with Crippen molar-refractivity contribution in [2.24, 2.45) is 11.5 Å². The van der Waals surface area contributed by atoms with Crippen LogP contribution in [0.2, 0.25) is 0 Å². The number of rotatable bonds is 1. The van der Waals surface area contributed by atoms with Gasteiger partial charge in [0.25, 0.3) is 0 Å². The molecule has 4 nitrogen and oxygen atoms in total. The maximum absolute atomic E-state index is 6.00. The van der Waals surface area contributed by atoms with Crippen molar-refractivity contribution in [1.29, 1.82) is 0 Å². The lowest BCUT2D eigenvalue weighted by Crippen LogP contribution is -2.19. The third-order valence-electron chi connectivity index (χ3n) is 1.18. The van der Waals surface area contributed by atoms with Crippen LogP contribution in [-0.2, 0) is 0 Å². The number of hydrogen-bond acceptors (Lipinski definition) is 4. The Bertz CT molecular complexity index is 177. The fourth-order valence-electron chi connectivity index (χ4n) is 0.675. The number of hydrogen-bond donors (Lipinski definition) is 4. The summed E-state index contributed by atoms with van der Waals surface area (Å²) in [6.07, 6.45) is -0.341. The molecule has 0 aliphatic carbocycles. The van der Waals surface area contributed by atoms with Crippen LogP contribution >= 0.6 is 0 Å². The van der Waals surface area contributed by atoms with Crippen molar-refractivity contribution >= 4 is 0 Å². The average molecular weight is 156 g/mol. The van der Waals surface area contributed by atoms with Crippen molar-refractivity contribution in [3.05, 3.63) is 35.9 Å². The molecule has 0 saturated heterocycles. The second-order valence-electron chi connectivity index (χ2n) is 1.94. The average Bonchev–Trinajstić information content (AvgIpc) is 2.10. The minimum Gasteiger partial charge on any atom is -0.312 e. The zero-order valence-corrected chi connectivity index (χ0v) is 6.01. The Morgan fingerprint density at radius 1 is 1.00 bits per heavy atom. The van der Waals surface area contributed by atoms with Gasteiger partial charge in [0.15, 0.2) is 0 Å². The highest BCUT2D eigenvalue weighted by atomic mass is 17.0. The molecule has 1 aromatic carbocycles. The molecule has 0 saturated carbocycles. The van der Waals surface area contributed by atoms with Gasteiger partial charge in [-0.1, -0.05) is 30.3 Å². The summed E-state index contributed by atoms with van der Waals surface area (Å²) in [7, 11) is 0. The summed E-state index contributed by atoms with van der Waals surface area (Å²) in [5.41, 5.74) is 11.8. The second-order valence-corrected chi connectivity index (χ2v) is 1.94. The summed E-state index contributed by atoms with van der Waals surface area (Å²) < 4.78 is 0. The van der Waals surface area contributed by atoms with Crippen LogP contribution in [-0.4, -0.2) is 10.5 Å². The molecule has 0 amide bonds. The first-order valence-corrected chi connectivity index (χ1v) is 3.07. The van der Waals surface area contributed by atoms with Crippen LogP contribution in [0.1, 0.15) is 11.7 Å². The van der Waals surface area contributed by atoms with E-state index in [0.29, 0.717) is 0 Å². The van der Waals surface area contributed by atoms with Gasteiger partial charge in [-0.15, -0.1) is 0 Å². The molecule has 0 aromatic heterocycles. The highest BCUT2D eigenvalue weighted by Crippen LogP contribution is 2.01. The normalized spacial score (nSPS) is 8.82. The molecule has 1 rings (SSSR count). The van der Waals surface area contributed by atoms with Gasteiger partial charge in [0.2, 0.25) is 0 Å². The summed E-state index contributed by atoms with van der Waals surface area (Å²) in [6.45, 7) is 0. The third-order valence-corrected chi connectivity index (χ3v) is 1.18. The minimum absolute atomic E-state index is 0.341. The van der Waals surface area contributed by atoms with Crippen molar-refractivity contribution in [2.45, 2.75) is 6.17 Å². The van der Waals surface area contributed by atoms with Gasteiger partial charge in [0.05, 0.1) is 6.17 Å². The lowest BCUT2D eigenvalue weighted by Gasteiger charge is -2.02. The van der Waals surface area contributed by atoms with E-state index >= 15 is 0 Å². The molecule has 0 radical (unpaired) electrons. The lowest BCUT2D eigenvalue weighted by atomic mass is 10.2. The molecule has 0 atom stereocenters. The Balaban J connectivity index is 0.000000461. The van der Waals surface area contributed by atoms with Gasteiger partial charge in [-0.3, -0.25) is 10.5 Å². The summed E-state index contributed by atoms with van der Waals surface area (Å²) in [5.74, 6) is 0. The summed E-state index contributed by atoms with van der Waals surface area (Å²) in [4.78, 5) is 0. The Morgan fingerprint density at radius 3 is 1.73 bits per heavy atom. The van der Waals surface area contributed by atoms with Crippen molar-refractivity contribution in [1.82, 2.24) is 0 Å². The summed E-state index contributed by atoms with van der Waals surface area (Å²) in [5, 5.41) is 12.0. The van der Waals surface area contributed by atoms with Crippen LogP contribution in [0.5, 0.6) is 0 Å². The molecule has 0 bridgehead atoms. The van der Waals surface area contributed by atoms with Gasteiger partial charge < -0.3 is 11.5 Å². The molecular weight excluding hydrogens is 144 g/mol. The Kier molecular flexibility index (Phi) is 5.32. The van der Waals surface area contributed by atoms with Gasteiger partial charge in [-0.25, -0.2) is 0 Å². The molecule has 6 N–H and O–H groups in total. The van der Waals surface area contributed by atoms with Gasteiger partial charge in [0.1, 0.15) is 0 Å². The van der Waals surface area contributed by atoms with Crippen LogP contribution in [0.4, 0.5) is 0 Å². The second kappa shape index (κ2) is 5.82. The van der Waals surface area contributed by atoms with E-state index in [-0.39, 0.29) is 6.17 Å². The van der Waals surface area contributed by atoms with Crippen LogP contribution < -0.4 is 11.5 Å². The molecule has 4 heteroatoms. The van der Waals surface area contributed by atoms with Gasteiger partial charge in [-0.05, 0) is 5.56 Å². The van der Waals surface area contributed by atoms with Crippen molar-refractivity contribution < 1.29 is 10.5 Å². The molecule has 0 unspecified atom stereocenters. The van der Waals surface area contributed by atoms with E-state index in [4.69, 9.17) is 22.0 Å². The topological polar surface area (TPSA) is 92.5 Å². The predicted octanol–water partition coefficient (Wildman–Crippen LogP) is 0.620. The quantitative estimate of drug-likeness (QED) is 0.272. The molecule has 11 heavy (non-hydrogen) atoms. The van der Waals surface area contributed by atoms with E-state index in [2.05, 4.69) is 0 Å². The predicted molar refractivity (Wildman–Crippen MR) is 42.8 cm³/mol. The fourth-order valence-corrected chi connectivity index (χ4v) is 0.675. The molecular formula is C7H12N2O2. The molecule has 0 heterocycles. The fraction of sp³-hybridized carbons (Fsp3) is 0.143. The van der Waals surface area contributed by atoms with E-state index in [0.717, 1.165) is 5.56 Å². The first kappa shape index (κ1) is 10.1. The monoisotopic (exact) mass is 156 g/mol. The van der Waals surface area contributed by atoms with Crippen molar-refractivity contribution in [2.75, 3.05) is 0 Å². The van der Waals surface area contributed by atoms with Crippen molar-refractivity contribution in [3.8, 4) is 0 Å². The smallest absolute Gasteiger partial charge is 0.0784 e. The Morgan fingerprint density at radius 2 is 1.45 bits per heavy atom. The summed E-state index contributed by atoms with van der Waals surface area (Å²) >= 11 is 0. The van der Waals surface area contributed by atoms with Crippen molar-refractivity contribution in [3.63, 3.8) is 0 Å². The Hall–Kier alpha value is -0.940. The van der Waals surface area contributed by atoms with Gasteiger partial charge in [-0.2, -0.15) is 0 Å². The van der Waals surface area contributed by atoms with E-state index in [1.807, 2.05) is 30.3 Å². The highest BCUT2D eigenvalue weighted by Gasteiger charge is 1.93. The number of nitrogens with two attached hydrogens (primary N) is 2. The van der Waals surface area contributed by atoms with Crippen LogP contribution in [0.25, 0.3) is 0 Å². The number of benzene rings is 1. The van der Waals surface area contributed by atoms with Crippen LogP contribution in [0.15, 0.2) is 30.3 Å². The van der Waals surface area contributed by atoms with Crippen LogP contribution in [0.3, 0.4) is 0 Å². The maximum atomic E-state index is 6.00. The molecule has 0 fully saturated rings. The van der Waals surface area contributed by atoms with E-state index in [1.165, 1.54) is 0 Å². The standard InChI is InChI=1S/C7H10N2.H2O2/c8-7(9)6-4-2-1-3-5-6;1-2/h1-5,7H,8-9H2;1-2H. The zero-order valence-electron chi connectivity index (χ0n) is 6.01.